The Bertz CT molecular complexity index is 1040. The summed E-state index contributed by atoms with van der Waals surface area (Å²) in [5.41, 5.74) is 3.03. The molecule has 0 saturated carbocycles. The van der Waals surface area contributed by atoms with Crippen LogP contribution in [0.15, 0.2) is 17.3 Å². The number of anilines is 1. The van der Waals surface area contributed by atoms with Gasteiger partial charge in [0.1, 0.15) is 0 Å². The zero-order chi connectivity index (χ0) is 17.6. The Morgan fingerprint density at radius 2 is 1.71 bits per heavy atom. The molecule has 0 aliphatic carbocycles. The fourth-order valence-electron chi connectivity index (χ4n) is 2.36. The average Bonchev–Trinajstić information content (AvgIpc) is 2.88. The van der Waals surface area contributed by atoms with E-state index in [0.717, 1.165) is 11.4 Å². The topological polar surface area (TPSA) is 102 Å². The van der Waals surface area contributed by atoms with E-state index < -0.39 is 10.0 Å². The van der Waals surface area contributed by atoms with E-state index in [1.165, 1.54) is 4.52 Å². The van der Waals surface area contributed by atoms with Crippen LogP contribution in [0.5, 0.6) is 0 Å². The first kappa shape index (κ1) is 16.6. The maximum absolute atomic E-state index is 12.6. The summed E-state index contributed by atoms with van der Waals surface area (Å²) >= 11 is 6.06. The number of sulfonamides is 1. The van der Waals surface area contributed by atoms with E-state index in [-0.39, 0.29) is 21.8 Å². The molecule has 3 aromatic rings. The van der Waals surface area contributed by atoms with E-state index in [2.05, 4.69) is 24.8 Å². The van der Waals surface area contributed by atoms with Crippen LogP contribution in [0.4, 0.5) is 5.69 Å². The van der Waals surface area contributed by atoms with Gasteiger partial charge in [0.25, 0.3) is 21.0 Å². The third-order valence-corrected chi connectivity index (χ3v) is 4.78. The van der Waals surface area contributed by atoms with Crippen molar-refractivity contribution in [1.82, 2.24) is 24.6 Å². The number of aromatic nitrogens is 5. The first-order valence-corrected chi connectivity index (χ1v) is 8.91. The number of nitrogens with one attached hydrogen (secondary N) is 1. The zero-order valence-corrected chi connectivity index (χ0v) is 15.1. The van der Waals surface area contributed by atoms with E-state index in [0.29, 0.717) is 11.3 Å². The first-order valence-electron chi connectivity index (χ1n) is 7.05. The Morgan fingerprint density at radius 3 is 2.38 bits per heavy atom. The molecular weight excluding hydrogens is 352 g/mol. The minimum Gasteiger partial charge on any atom is -0.274 e. The van der Waals surface area contributed by atoms with Gasteiger partial charge in [-0.1, -0.05) is 11.6 Å². The highest BCUT2D eigenvalue weighted by atomic mass is 35.5. The van der Waals surface area contributed by atoms with Crippen LogP contribution >= 0.6 is 11.6 Å². The molecule has 0 saturated heterocycles. The van der Waals surface area contributed by atoms with Crippen LogP contribution in [0.2, 0.25) is 5.15 Å². The minimum absolute atomic E-state index is 0.0741. The van der Waals surface area contributed by atoms with Gasteiger partial charge >= 0.3 is 0 Å². The predicted octanol–water partition coefficient (Wildman–Crippen LogP) is 2.21. The lowest BCUT2D eigenvalue weighted by molar-refractivity contribution is 0.592. The molecule has 1 N–H and O–H groups in total. The molecule has 0 fully saturated rings. The van der Waals surface area contributed by atoms with E-state index >= 15 is 0 Å². The van der Waals surface area contributed by atoms with Crippen molar-refractivity contribution in [1.29, 1.82) is 0 Å². The van der Waals surface area contributed by atoms with Gasteiger partial charge in [-0.25, -0.2) is 14.5 Å². The third kappa shape index (κ3) is 2.92. The van der Waals surface area contributed by atoms with Crippen molar-refractivity contribution in [3.05, 3.63) is 39.9 Å². The quantitative estimate of drug-likeness (QED) is 0.713. The van der Waals surface area contributed by atoms with Gasteiger partial charge in [0.15, 0.2) is 5.15 Å². The average molecular weight is 367 g/mol. The summed E-state index contributed by atoms with van der Waals surface area (Å²) in [6.45, 7) is 7.11. The Kier molecular flexibility index (Phi) is 3.92. The summed E-state index contributed by atoms with van der Waals surface area (Å²) in [5.74, 6) is 0.220. The van der Waals surface area contributed by atoms with E-state index in [1.54, 1.807) is 39.8 Å². The van der Waals surface area contributed by atoms with Crippen molar-refractivity contribution >= 4 is 33.1 Å². The highest BCUT2D eigenvalue weighted by Crippen LogP contribution is 2.26. The van der Waals surface area contributed by atoms with E-state index in [4.69, 9.17) is 11.6 Å². The molecule has 0 bridgehead atoms. The first-order chi connectivity index (χ1) is 11.2. The summed E-state index contributed by atoms with van der Waals surface area (Å²) in [6.07, 6.45) is 0. The molecule has 3 aromatic heterocycles. The maximum Gasteiger partial charge on any atom is 0.299 e. The van der Waals surface area contributed by atoms with Gasteiger partial charge in [-0.2, -0.15) is 13.4 Å². The largest absolute Gasteiger partial charge is 0.299 e. The molecule has 8 nitrogen and oxygen atoms in total. The second kappa shape index (κ2) is 5.67. The van der Waals surface area contributed by atoms with Crippen LogP contribution in [0.25, 0.3) is 5.78 Å². The van der Waals surface area contributed by atoms with Crippen molar-refractivity contribution in [3.63, 3.8) is 0 Å². The van der Waals surface area contributed by atoms with Crippen LogP contribution in [0, 0.1) is 27.7 Å². The Hall–Kier alpha value is -2.26. The molecule has 24 heavy (non-hydrogen) atoms. The normalized spacial score (nSPS) is 11.9. The number of aryl methyl sites for hydroxylation is 4. The standard InChI is InChI=1S/C14H15ClN6O2S/c1-7-5-8(2)16-12(15)11(7)20-24(22,23)14-18-13-17-9(3)6-10(4)21(13)19-14/h5-6,20H,1-4H3. The number of hydrogen-bond donors (Lipinski definition) is 1. The molecule has 0 unspecified atom stereocenters. The van der Waals surface area contributed by atoms with Gasteiger partial charge in [0.05, 0.1) is 5.69 Å². The number of rotatable bonds is 3. The van der Waals surface area contributed by atoms with Gasteiger partial charge < -0.3 is 0 Å². The van der Waals surface area contributed by atoms with Crippen molar-refractivity contribution < 1.29 is 8.42 Å². The predicted molar refractivity (Wildman–Crippen MR) is 89.8 cm³/mol. The highest BCUT2D eigenvalue weighted by molar-refractivity contribution is 7.92. The molecule has 0 aliphatic rings. The van der Waals surface area contributed by atoms with Gasteiger partial charge in [-0.05, 0) is 45.4 Å². The Morgan fingerprint density at radius 1 is 1.04 bits per heavy atom. The van der Waals surface area contributed by atoms with Gasteiger partial charge in [-0.15, -0.1) is 5.10 Å². The number of fused-ring (bicyclic) bond motifs is 1. The zero-order valence-electron chi connectivity index (χ0n) is 13.5. The monoisotopic (exact) mass is 366 g/mol. The van der Waals surface area contributed by atoms with E-state index in [9.17, 15) is 8.42 Å². The number of hydrogen-bond acceptors (Lipinski definition) is 6. The van der Waals surface area contributed by atoms with Gasteiger partial charge in [0, 0.05) is 17.1 Å². The minimum atomic E-state index is -4.02. The molecule has 3 heterocycles. The fraction of sp³-hybridized carbons (Fsp3) is 0.286. The number of halogens is 1. The molecule has 10 heteroatoms. The molecule has 3 rings (SSSR count). The molecule has 0 radical (unpaired) electrons. The molecular formula is C14H15ClN6O2S. The van der Waals surface area contributed by atoms with Crippen LogP contribution in [-0.4, -0.2) is 33.0 Å². The third-order valence-electron chi connectivity index (χ3n) is 3.38. The molecule has 0 aromatic carbocycles. The van der Waals surface area contributed by atoms with Crippen LogP contribution in [0.3, 0.4) is 0 Å². The second-order valence-corrected chi connectivity index (χ2v) is 7.43. The van der Waals surface area contributed by atoms with Gasteiger partial charge in [-0.3, -0.25) is 4.72 Å². The van der Waals surface area contributed by atoms with Crippen LogP contribution < -0.4 is 4.72 Å². The van der Waals surface area contributed by atoms with Crippen molar-refractivity contribution in [2.45, 2.75) is 32.9 Å². The van der Waals surface area contributed by atoms with Crippen LogP contribution in [0.1, 0.15) is 22.6 Å². The second-order valence-electron chi connectivity index (χ2n) is 5.50. The summed E-state index contributed by atoms with van der Waals surface area (Å²) in [7, 11) is -4.02. The molecule has 0 amide bonds. The molecule has 0 spiro atoms. The Labute approximate surface area is 144 Å². The lowest BCUT2D eigenvalue weighted by Crippen LogP contribution is -2.16. The number of pyridine rings is 1. The van der Waals surface area contributed by atoms with Crippen molar-refractivity contribution in [3.8, 4) is 0 Å². The molecule has 0 atom stereocenters. The fourth-order valence-corrected chi connectivity index (χ4v) is 3.75. The van der Waals surface area contributed by atoms with Gasteiger partial charge in [0.2, 0.25) is 0 Å². The summed E-state index contributed by atoms with van der Waals surface area (Å²) < 4.78 is 29.0. The smallest absolute Gasteiger partial charge is 0.274 e. The maximum atomic E-state index is 12.6. The highest BCUT2D eigenvalue weighted by Gasteiger charge is 2.24. The lowest BCUT2D eigenvalue weighted by Gasteiger charge is -2.10. The summed E-state index contributed by atoms with van der Waals surface area (Å²) in [6, 6.07) is 3.52. The van der Waals surface area contributed by atoms with Crippen LogP contribution in [-0.2, 0) is 10.0 Å². The summed E-state index contributed by atoms with van der Waals surface area (Å²) in [4.78, 5) is 12.2. The molecule has 0 aliphatic heterocycles. The van der Waals surface area contributed by atoms with Crippen molar-refractivity contribution in [2.24, 2.45) is 0 Å². The Balaban J connectivity index is 2.07. The SMILES string of the molecule is Cc1cc(C)c(NS(=O)(=O)c2nc3nc(C)cc(C)n3n2)c(Cl)n1. The van der Waals surface area contributed by atoms with E-state index in [1.807, 2.05) is 0 Å². The number of nitrogens with zero attached hydrogens (tertiary/aromatic N) is 5. The summed E-state index contributed by atoms with van der Waals surface area (Å²) in [5, 5.41) is 3.73. The lowest BCUT2D eigenvalue weighted by atomic mass is 10.2. The molecule has 126 valence electrons. The van der Waals surface area contributed by atoms with Crippen molar-refractivity contribution in [2.75, 3.05) is 4.72 Å².